The molecule has 1 aliphatic heterocycles. The van der Waals surface area contributed by atoms with Crippen molar-refractivity contribution in [2.45, 2.75) is 76.3 Å². The first-order valence-corrected chi connectivity index (χ1v) is 14.2. The fourth-order valence-electron chi connectivity index (χ4n) is 5.26. The number of hydrogen-bond donors (Lipinski definition) is 2. The Morgan fingerprint density at radius 1 is 1.14 bits per heavy atom. The normalized spacial score (nSPS) is 20.7. The summed E-state index contributed by atoms with van der Waals surface area (Å²) in [7, 11) is -3.93. The smallest absolute Gasteiger partial charge is 0.337 e. The molecule has 0 bridgehead atoms. The Morgan fingerprint density at radius 2 is 1.89 bits per heavy atom. The van der Waals surface area contributed by atoms with Crippen molar-refractivity contribution in [1.29, 1.82) is 5.26 Å². The van der Waals surface area contributed by atoms with Crippen molar-refractivity contribution in [2.75, 3.05) is 4.72 Å². The van der Waals surface area contributed by atoms with Gasteiger partial charge in [-0.25, -0.2) is 9.78 Å². The average Bonchev–Trinajstić information content (AvgIpc) is 2.83. The Kier molecular flexibility index (Phi) is 7.88. The van der Waals surface area contributed by atoms with Crippen LogP contribution in [-0.2, 0) is 26.0 Å². The Labute approximate surface area is 218 Å². The lowest BCUT2D eigenvalue weighted by Gasteiger charge is -2.36. The van der Waals surface area contributed by atoms with E-state index in [1.54, 1.807) is 18.2 Å². The zero-order valence-electron chi connectivity index (χ0n) is 21.2. The average molecular weight is 524 g/mol. The number of rotatable bonds is 7. The molecule has 2 atom stereocenters. The zero-order valence-corrected chi connectivity index (χ0v) is 22.1. The largest absolute Gasteiger partial charge is 0.511 e. The maximum absolute atomic E-state index is 12.8. The number of nitrogens with one attached hydrogen (secondary N) is 1. The number of hydrogen-bond acceptors (Lipinski definition) is 7. The van der Waals surface area contributed by atoms with Crippen molar-refractivity contribution >= 4 is 21.7 Å². The minimum atomic E-state index is -3.93. The fourth-order valence-corrected chi connectivity index (χ4v) is 6.24. The van der Waals surface area contributed by atoms with Gasteiger partial charge in [-0.3, -0.25) is 4.72 Å². The molecule has 196 valence electrons. The number of nitrogens with zero attached hydrogens (tertiary/aromatic N) is 2. The molecule has 1 aromatic carbocycles. The number of carbonyl (C=O) groups excluding carboxylic acids is 1. The van der Waals surface area contributed by atoms with Crippen LogP contribution in [0.5, 0.6) is 0 Å². The lowest BCUT2D eigenvalue weighted by atomic mass is 9.76. The lowest BCUT2D eigenvalue weighted by Crippen LogP contribution is -2.37. The van der Waals surface area contributed by atoms with Gasteiger partial charge in [-0.15, -0.1) is 0 Å². The number of aliphatic hydroxyl groups excluding tert-OH is 1. The maximum Gasteiger partial charge on any atom is 0.337 e. The van der Waals surface area contributed by atoms with E-state index in [-0.39, 0.29) is 28.4 Å². The van der Waals surface area contributed by atoms with Crippen LogP contribution in [0, 0.1) is 22.7 Å². The predicted octanol–water partition coefficient (Wildman–Crippen LogP) is 5.42. The van der Waals surface area contributed by atoms with Gasteiger partial charge in [0, 0.05) is 11.9 Å². The summed E-state index contributed by atoms with van der Waals surface area (Å²) < 4.78 is 33.8. The third-order valence-corrected chi connectivity index (χ3v) is 8.32. The first-order valence-electron chi connectivity index (χ1n) is 12.7. The van der Waals surface area contributed by atoms with E-state index in [0.29, 0.717) is 24.1 Å². The second-order valence-electron chi connectivity index (χ2n) is 10.7. The Morgan fingerprint density at radius 3 is 2.59 bits per heavy atom. The van der Waals surface area contributed by atoms with Gasteiger partial charge in [0.1, 0.15) is 17.9 Å². The van der Waals surface area contributed by atoms with Crippen LogP contribution < -0.4 is 4.72 Å². The number of pyridine rings is 1. The van der Waals surface area contributed by atoms with E-state index >= 15 is 0 Å². The van der Waals surface area contributed by atoms with Gasteiger partial charge >= 0.3 is 5.97 Å². The quantitative estimate of drug-likeness (QED) is 0.464. The van der Waals surface area contributed by atoms with Gasteiger partial charge in [0.05, 0.1) is 17.1 Å². The van der Waals surface area contributed by atoms with Crippen molar-refractivity contribution in [3.05, 3.63) is 65.1 Å². The highest BCUT2D eigenvalue weighted by molar-refractivity contribution is 7.92. The highest BCUT2D eigenvalue weighted by Crippen LogP contribution is 2.40. The van der Waals surface area contributed by atoms with Crippen molar-refractivity contribution in [3.8, 4) is 6.07 Å². The van der Waals surface area contributed by atoms with Gasteiger partial charge in [-0.05, 0) is 67.3 Å². The summed E-state index contributed by atoms with van der Waals surface area (Å²) in [5.41, 5.74) is 1.50. The molecule has 2 heterocycles. The number of sulfonamides is 1. The summed E-state index contributed by atoms with van der Waals surface area (Å²) >= 11 is 0. The molecule has 9 heteroatoms. The molecule has 2 aromatic rings. The molecule has 1 fully saturated rings. The van der Waals surface area contributed by atoms with Crippen LogP contribution in [-0.4, -0.2) is 30.6 Å². The minimum absolute atomic E-state index is 0.127. The molecule has 4 rings (SSSR count). The first kappa shape index (κ1) is 26.7. The van der Waals surface area contributed by atoms with Gasteiger partial charge in [0.15, 0.2) is 5.03 Å². The van der Waals surface area contributed by atoms with Gasteiger partial charge in [0.2, 0.25) is 0 Å². The summed E-state index contributed by atoms with van der Waals surface area (Å²) in [4.78, 5) is 16.7. The zero-order chi connectivity index (χ0) is 26.6. The Hall–Kier alpha value is -3.38. The molecule has 0 spiro atoms. The number of esters is 1. The van der Waals surface area contributed by atoms with E-state index < -0.39 is 21.4 Å². The SMILES string of the molecule is CC(C)(CC1=C(O)C2CCCCCCC2OC1=O)Cc1cccc(NS(=O)(=O)c2ccc(C#N)cn2)c1. The highest BCUT2D eigenvalue weighted by atomic mass is 32.2. The second-order valence-corrected chi connectivity index (χ2v) is 12.4. The van der Waals surface area contributed by atoms with E-state index in [1.165, 1.54) is 18.3 Å². The van der Waals surface area contributed by atoms with Gasteiger partial charge < -0.3 is 9.84 Å². The van der Waals surface area contributed by atoms with Crippen LogP contribution in [0.4, 0.5) is 5.69 Å². The Balaban J connectivity index is 1.48. The van der Waals surface area contributed by atoms with Crippen molar-refractivity contribution < 1.29 is 23.1 Å². The number of aromatic nitrogens is 1. The number of anilines is 1. The van der Waals surface area contributed by atoms with E-state index in [9.17, 15) is 18.3 Å². The van der Waals surface area contributed by atoms with Crippen LogP contribution in [0.1, 0.15) is 69.9 Å². The topological polar surface area (TPSA) is 129 Å². The summed E-state index contributed by atoms with van der Waals surface area (Å²) in [6, 6.07) is 11.7. The summed E-state index contributed by atoms with van der Waals surface area (Å²) in [6.45, 7) is 4.03. The molecule has 0 saturated heterocycles. The van der Waals surface area contributed by atoms with E-state index in [1.807, 2.05) is 26.0 Å². The lowest BCUT2D eigenvalue weighted by molar-refractivity contribution is -0.151. The molecule has 2 aliphatic rings. The Bertz CT molecular complexity index is 1330. The predicted molar refractivity (Wildman–Crippen MR) is 139 cm³/mol. The van der Waals surface area contributed by atoms with Crippen LogP contribution in [0.25, 0.3) is 0 Å². The van der Waals surface area contributed by atoms with Crippen molar-refractivity contribution in [3.63, 3.8) is 0 Å². The third kappa shape index (κ3) is 6.50. The van der Waals surface area contributed by atoms with Crippen LogP contribution in [0.3, 0.4) is 0 Å². The molecule has 37 heavy (non-hydrogen) atoms. The van der Waals surface area contributed by atoms with Gasteiger partial charge in [0.25, 0.3) is 10.0 Å². The van der Waals surface area contributed by atoms with E-state index in [4.69, 9.17) is 10.00 Å². The molecule has 1 saturated carbocycles. The molecule has 1 aliphatic carbocycles. The maximum atomic E-state index is 12.8. The van der Waals surface area contributed by atoms with E-state index in [2.05, 4.69) is 9.71 Å². The third-order valence-electron chi connectivity index (χ3n) is 7.03. The van der Waals surface area contributed by atoms with Crippen molar-refractivity contribution in [1.82, 2.24) is 4.98 Å². The molecular weight excluding hydrogens is 490 g/mol. The summed E-state index contributed by atoms with van der Waals surface area (Å²) in [5.74, 6) is -0.367. The van der Waals surface area contributed by atoms with Crippen molar-refractivity contribution in [2.24, 2.45) is 11.3 Å². The molecule has 1 aromatic heterocycles. The second kappa shape index (κ2) is 10.9. The standard InChI is InChI=1S/C28H33N3O5S/c1-28(2,16-23-26(32)22-10-5-3-4-6-11-24(22)36-27(23)33)15-19-8-7-9-21(14-19)31-37(34,35)25-13-12-20(17-29)18-30-25/h7-9,12-14,18,22,24,31-32H,3-6,10-11,15-16H2,1-2H3. The fraction of sp³-hybridized carbons (Fsp3) is 0.464. The molecule has 2 N–H and O–H groups in total. The molecule has 2 unspecified atom stereocenters. The number of aliphatic hydroxyl groups is 1. The van der Waals surface area contributed by atoms with E-state index in [0.717, 1.165) is 44.1 Å². The number of carbonyl (C=O) groups is 1. The number of benzene rings is 1. The van der Waals surface area contributed by atoms with Crippen LogP contribution in [0.15, 0.2) is 59.0 Å². The van der Waals surface area contributed by atoms with Gasteiger partial charge in [-0.1, -0.05) is 45.2 Å². The monoisotopic (exact) mass is 523 g/mol. The summed E-state index contributed by atoms with van der Waals surface area (Å²) in [6.07, 6.45) is 7.77. The number of fused-ring (bicyclic) bond motifs is 1. The van der Waals surface area contributed by atoms with Gasteiger partial charge in [-0.2, -0.15) is 13.7 Å². The molecule has 0 amide bonds. The first-order chi connectivity index (χ1) is 17.6. The van der Waals surface area contributed by atoms with Crippen LogP contribution in [0.2, 0.25) is 0 Å². The molecule has 0 radical (unpaired) electrons. The number of ether oxygens (including phenoxy) is 1. The number of nitriles is 1. The molecular formula is C28H33N3O5S. The van der Waals surface area contributed by atoms with Crippen LogP contribution >= 0.6 is 0 Å². The highest BCUT2D eigenvalue weighted by Gasteiger charge is 2.39. The molecule has 8 nitrogen and oxygen atoms in total. The summed E-state index contributed by atoms with van der Waals surface area (Å²) in [5, 5.41) is 19.8. The minimum Gasteiger partial charge on any atom is -0.511 e.